The molecule has 1 aliphatic heterocycles. The van der Waals surface area contributed by atoms with Crippen LogP contribution in [0.1, 0.15) is 25.3 Å². The van der Waals surface area contributed by atoms with E-state index in [0.29, 0.717) is 18.6 Å². The number of amides is 2. The fourth-order valence-electron chi connectivity index (χ4n) is 3.79. The Morgan fingerprint density at radius 1 is 1.29 bits per heavy atom. The van der Waals surface area contributed by atoms with Gasteiger partial charge in [-0.3, -0.25) is 9.59 Å². The Hall–Kier alpha value is -3.16. The summed E-state index contributed by atoms with van der Waals surface area (Å²) in [5.74, 6) is -0.199. The number of benzene rings is 1. The van der Waals surface area contributed by atoms with Crippen LogP contribution < -0.4 is 11.0 Å². The van der Waals surface area contributed by atoms with E-state index >= 15 is 0 Å². The van der Waals surface area contributed by atoms with Crippen molar-refractivity contribution >= 4 is 28.4 Å². The minimum absolute atomic E-state index is 0.0153. The van der Waals surface area contributed by atoms with Crippen LogP contribution in [0.25, 0.3) is 16.6 Å². The van der Waals surface area contributed by atoms with Crippen LogP contribution in [0, 0.1) is 6.92 Å². The largest absolute Gasteiger partial charge is 0.352 e. The summed E-state index contributed by atoms with van der Waals surface area (Å²) in [4.78, 5) is 38.6. The van der Waals surface area contributed by atoms with Crippen molar-refractivity contribution < 1.29 is 9.59 Å². The van der Waals surface area contributed by atoms with Gasteiger partial charge in [0.05, 0.1) is 12.1 Å². The molecule has 1 atom stereocenters. The van der Waals surface area contributed by atoms with Gasteiger partial charge in [-0.05, 0) is 43.4 Å². The van der Waals surface area contributed by atoms with Gasteiger partial charge in [0, 0.05) is 19.5 Å². The normalized spacial score (nSPS) is 15.5. The van der Waals surface area contributed by atoms with E-state index < -0.39 is 6.04 Å². The molecule has 1 saturated heterocycles. The third-order valence-corrected chi connectivity index (χ3v) is 5.32. The molecule has 1 fully saturated rings. The molecule has 8 heteroatoms. The number of fused-ring (bicyclic) bond motifs is 3. The van der Waals surface area contributed by atoms with Crippen molar-refractivity contribution in [3.8, 4) is 0 Å². The highest BCUT2D eigenvalue weighted by molar-refractivity contribution is 5.88. The number of likely N-dealkylation sites (tertiary alicyclic amines) is 1. The van der Waals surface area contributed by atoms with Gasteiger partial charge in [-0.2, -0.15) is 0 Å². The summed E-state index contributed by atoms with van der Waals surface area (Å²) in [6.45, 7) is 4.80. The Balaban J connectivity index is 1.51. The number of nitrogens with zero attached hydrogens (tertiary/aromatic N) is 4. The van der Waals surface area contributed by atoms with Crippen molar-refractivity contribution in [2.45, 2.75) is 39.3 Å². The lowest BCUT2D eigenvalue weighted by Crippen LogP contribution is -2.46. The first kappa shape index (κ1) is 18.2. The van der Waals surface area contributed by atoms with E-state index in [1.807, 2.05) is 37.3 Å². The minimum atomic E-state index is -0.501. The monoisotopic (exact) mass is 381 g/mol. The molecule has 146 valence electrons. The van der Waals surface area contributed by atoms with E-state index in [2.05, 4.69) is 10.4 Å². The van der Waals surface area contributed by atoms with E-state index in [1.54, 1.807) is 16.2 Å². The van der Waals surface area contributed by atoms with Crippen LogP contribution in [-0.4, -0.2) is 50.0 Å². The van der Waals surface area contributed by atoms with Crippen LogP contribution >= 0.6 is 0 Å². The number of para-hydroxylation sites is 1. The number of hydrogen-bond acceptors (Lipinski definition) is 4. The lowest BCUT2D eigenvalue weighted by atomic mass is 10.1. The van der Waals surface area contributed by atoms with Gasteiger partial charge in [-0.25, -0.2) is 13.9 Å². The first-order valence-corrected chi connectivity index (χ1v) is 9.52. The molecule has 28 heavy (non-hydrogen) atoms. The third kappa shape index (κ3) is 3.04. The molecule has 0 saturated carbocycles. The van der Waals surface area contributed by atoms with Gasteiger partial charge in [0.15, 0.2) is 5.65 Å². The number of aromatic nitrogens is 3. The average molecular weight is 381 g/mol. The van der Waals surface area contributed by atoms with Crippen LogP contribution in [-0.2, 0) is 16.1 Å². The van der Waals surface area contributed by atoms with E-state index in [9.17, 15) is 14.4 Å². The molecule has 1 aliphatic rings. The SMILES string of the molecule is Cc1cc2ccccc2n2c(=O)n(CCNC(=O)[C@H](C)N3CCCC3=O)nc12. The standard InChI is InChI=1S/C20H23N5O3/c1-13-12-15-6-3-4-7-16(15)25-18(13)22-24(20(25)28)11-9-21-19(27)14(2)23-10-5-8-17(23)26/h3-4,6-7,12,14H,5,8-11H2,1-2H3,(H,21,27)/t14-/m0/s1. The molecule has 1 N–H and O–H groups in total. The molecule has 0 aliphatic carbocycles. The number of nitrogens with one attached hydrogen (secondary N) is 1. The number of pyridine rings is 1. The van der Waals surface area contributed by atoms with Crippen LogP contribution in [0.3, 0.4) is 0 Å². The Bertz CT molecular complexity index is 1130. The zero-order valence-corrected chi connectivity index (χ0v) is 16.0. The number of hydrogen-bond donors (Lipinski definition) is 1. The molecule has 3 heterocycles. The maximum atomic E-state index is 12.9. The van der Waals surface area contributed by atoms with Crippen molar-refractivity contribution in [2.24, 2.45) is 0 Å². The molecule has 8 nitrogen and oxygen atoms in total. The Kier molecular flexibility index (Phi) is 4.62. The van der Waals surface area contributed by atoms with Crippen molar-refractivity contribution in [1.82, 2.24) is 24.4 Å². The summed E-state index contributed by atoms with van der Waals surface area (Å²) in [6, 6.07) is 9.20. The first-order chi connectivity index (χ1) is 13.5. The van der Waals surface area contributed by atoms with E-state index in [1.165, 1.54) is 4.68 Å². The van der Waals surface area contributed by atoms with Crippen LogP contribution in [0.15, 0.2) is 35.1 Å². The molecule has 0 bridgehead atoms. The molecule has 4 rings (SSSR count). The maximum absolute atomic E-state index is 12.9. The van der Waals surface area contributed by atoms with Gasteiger partial charge in [0.2, 0.25) is 11.8 Å². The predicted molar refractivity (Wildman–Crippen MR) is 105 cm³/mol. The highest BCUT2D eigenvalue weighted by atomic mass is 16.2. The second-order valence-electron chi connectivity index (χ2n) is 7.21. The molecule has 2 amide bonds. The summed E-state index contributed by atoms with van der Waals surface area (Å²) in [6.07, 6.45) is 1.29. The van der Waals surface area contributed by atoms with Crippen molar-refractivity contribution in [2.75, 3.05) is 13.1 Å². The zero-order chi connectivity index (χ0) is 19.8. The number of carbonyl (C=O) groups is 2. The highest BCUT2D eigenvalue weighted by Gasteiger charge is 2.29. The van der Waals surface area contributed by atoms with Gasteiger partial charge in [0.25, 0.3) is 0 Å². The Morgan fingerprint density at radius 2 is 2.07 bits per heavy atom. The molecule has 0 spiro atoms. The molecule has 0 radical (unpaired) electrons. The fraction of sp³-hybridized carbons (Fsp3) is 0.400. The fourth-order valence-corrected chi connectivity index (χ4v) is 3.79. The topological polar surface area (TPSA) is 88.7 Å². The Labute approximate surface area is 161 Å². The van der Waals surface area contributed by atoms with Crippen molar-refractivity contribution in [3.05, 3.63) is 46.4 Å². The second kappa shape index (κ2) is 7.10. The molecule has 0 unspecified atom stereocenters. The quantitative estimate of drug-likeness (QED) is 0.716. The van der Waals surface area contributed by atoms with Crippen LogP contribution in [0.4, 0.5) is 0 Å². The zero-order valence-electron chi connectivity index (χ0n) is 16.0. The summed E-state index contributed by atoms with van der Waals surface area (Å²) in [5, 5.41) is 8.23. The average Bonchev–Trinajstić information content (AvgIpc) is 3.25. The summed E-state index contributed by atoms with van der Waals surface area (Å²) < 4.78 is 2.98. The lowest BCUT2D eigenvalue weighted by molar-refractivity contribution is -0.136. The number of rotatable bonds is 5. The summed E-state index contributed by atoms with van der Waals surface area (Å²) >= 11 is 0. The first-order valence-electron chi connectivity index (χ1n) is 9.52. The van der Waals surface area contributed by atoms with Gasteiger partial charge >= 0.3 is 5.69 Å². The number of carbonyl (C=O) groups excluding carboxylic acids is 2. The Morgan fingerprint density at radius 3 is 2.82 bits per heavy atom. The maximum Gasteiger partial charge on any atom is 0.350 e. The van der Waals surface area contributed by atoms with Gasteiger partial charge in [-0.1, -0.05) is 18.2 Å². The van der Waals surface area contributed by atoms with Crippen molar-refractivity contribution in [3.63, 3.8) is 0 Å². The minimum Gasteiger partial charge on any atom is -0.352 e. The number of aryl methyl sites for hydroxylation is 1. The summed E-state index contributed by atoms with van der Waals surface area (Å²) in [5.41, 5.74) is 2.11. The molecule has 2 aromatic heterocycles. The van der Waals surface area contributed by atoms with Gasteiger partial charge in [-0.15, -0.1) is 5.10 Å². The highest BCUT2D eigenvalue weighted by Crippen LogP contribution is 2.18. The molecule has 1 aromatic carbocycles. The van der Waals surface area contributed by atoms with E-state index in [-0.39, 0.29) is 30.6 Å². The van der Waals surface area contributed by atoms with Gasteiger partial charge < -0.3 is 10.2 Å². The van der Waals surface area contributed by atoms with E-state index in [0.717, 1.165) is 22.9 Å². The summed E-state index contributed by atoms with van der Waals surface area (Å²) in [7, 11) is 0. The smallest absolute Gasteiger partial charge is 0.350 e. The molecular weight excluding hydrogens is 358 g/mol. The second-order valence-corrected chi connectivity index (χ2v) is 7.21. The van der Waals surface area contributed by atoms with Crippen LogP contribution in [0.5, 0.6) is 0 Å². The van der Waals surface area contributed by atoms with Gasteiger partial charge in [0.1, 0.15) is 6.04 Å². The van der Waals surface area contributed by atoms with Crippen molar-refractivity contribution in [1.29, 1.82) is 0 Å². The lowest BCUT2D eigenvalue weighted by Gasteiger charge is -2.23. The molecular formula is C20H23N5O3. The molecule has 3 aromatic rings. The predicted octanol–water partition coefficient (Wildman–Crippen LogP) is 1.08. The third-order valence-electron chi connectivity index (χ3n) is 5.32. The van der Waals surface area contributed by atoms with E-state index in [4.69, 9.17) is 0 Å². The van der Waals surface area contributed by atoms with Crippen LogP contribution in [0.2, 0.25) is 0 Å².